The summed E-state index contributed by atoms with van der Waals surface area (Å²) in [7, 11) is 1.58. The molecular weight excluding hydrogens is 283 g/mol. The Morgan fingerprint density at radius 2 is 1.86 bits per heavy atom. The SMILES string of the molecule is CC(C)c1nn(C)c(Oc2ccccc2C(F)(F)F)c1N. The zero-order chi connectivity index (χ0) is 15.8. The zero-order valence-corrected chi connectivity index (χ0v) is 11.9. The van der Waals surface area contributed by atoms with Gasteiger partial charge in [-0.1, -0.05) is 26.0 Å². The van der Waals surface area contributed by atoms with E-state index in [4.69, 9.17) is 10.5 Å². The standard InChI is InChI=1S/C14H16F3N3O/c1-8(2)12-11(18)13(20(3)19-12)21-10-7-5-4-6-9(10)14(15,16)17/h4-8H,18H2,1-3H3. The first-order chi connectivity index (χ1) is 9.71. The first-order valence-electron chi connectivity index (χ1n) is 6.38. The van der Waals surface area contributed by atoms with Gasteiger partial charge in [-0.05, 0) is 18.1 Å². The van der Waals surface area contributed by atoms with E-state index in [0.29, 0.717) is 5.69 Å². The molecule has 1 aromatic heterocycles. The van der Waals surface area contributed by atoms with Crippen LogP contribution in [0.25, 0.3) is 0 Å². The largest absolute Gasteiger partial charge is 0.437 e. The number of nitrogens with two attached hydrogens (primary N) is 1. The summed E-state index contributed by atoms with van der Waals surface area (Å²) in [4.78, 5) is 0. The molecule has 0 radical (unpaired) electrons. The van der Waals surface area contributed by atoms with Crippen molar-refractivity contribution in [2.24, 2.45) is 7.05 Å². The van der Waals surface area contributed by atoms with Crippen LogP contribution in [0.1, 0.15) is 31.0 Å². The summed E-state index contributed by atoms with van der Waals surface area (Å²) in [5.41, 5.74) is 5.92. The maximum atomic E-state index is 13.0. The van der Waals surface area contributed by atoms with E-state index in [2.05, 4.69) is 5.10 Å². The van der Waals surface area contributed by atoms with Crippen molar-refractivity contribution in [3.05, 3.63) is 35.5 Å². The number of halogens is 3. The lowest BCUT2D eigenvalue weighted by Gasteiger charge is -2.13. The third kappa shape index (κ3) is 2.96. The van der Waals surface area contributed by atoms with Crippen molar-refractivity contribution in [2.45, 2.75) is 25.9 Å². The smallest absolute Gasteiger partial charge is 0.419 e. The van der Waals surface area contributed by atoms with Gasteiger partial charge in [-0.15, -0.1) is 0 Å². The van der Waals surface area contributed by atoms with Gasteiger partial charge >= 0.3 is 6.18 Å². The average Bonchev–Trinajstić information content (AvgIpc) is 2.66. The van der Waals surface area contributed by atoms with Crippen molar-refractivity contribution in [1.29, 1.82) is 0 Å². The summed E-state index contributed by atoms with van der Waals surface area (Å²) < 4.78 is 45.6. The molecule has 0 fully saturated rings. The van der Waals surface area contributed by atoms with E-state index in [1.54, 1.807) is 7.05 Å². The third-order valence-electron chi connectivity index (χ3n) is 3.00. The number of ether oxygens (including phenoxy) is 1. The number of rotatable bonds is 3. The maximum Gasteiger partial charge on any atom is 0.419 e. The van der Waals surface area contributed by atoms with E-state index >= 15 is 0 Å². The van der Waals surface area contributed by atoms with E-state index in [9.17, 15) is 13.2 Å². The Kier molecular flexibility index (Phi) is 3.85. The summed E-state index contributed by atoms with van der Waals surface area (Å²) >= 11 is 0. The molecule has 21 heavy (non-hydrogen) atoms. The minimum Gasteiger partial charge on any atom is -0.437 e. The number of nitrogens with zero attached hydrogens (tertiary/aromatic N) is 2. The van der Waals surface area contributed by atoms with E-state index in [1.807, 2.05) is 13.8 Å². The summed E-state index contributed by atoms with van der Waals surface area (Å²) in [6, 6.07) is 5.00. The van der Waals surface area contributed by atoms with Crippen LogP contribution in [-0.2, 0) is 13.2 Å². The predicted molar refractivity (Wildman–Crippen MR) is 73.2 cm³/mol. The highest BCUT2D eigenvalue weighted by Crippen LogP contribution is 2.40. The van der Waals surface area contributed by atoms with Crippen LogP contribution in [0.2, 0.25) is 0 Å². The molecule has 0 bridgehead atoms. The molecule has 0 aliphatic rings. The fourth-order valence-electron chi connectivity index (χ4n) is 1.99. The molecule has 0 spiro atoms. The molecule has 0 unspecified atom stereocenters. The molecule has 1 heterocycles. The highest BCUT2D eigenvalue weighted by atomic mass is 19.4. The maximum absolute atomic E-state index is 13.0. The Balaban J connectivity index is 2.45. The molecule has 0 atom stereocenters. The number of hydrogen-bond acceptors (Lipinski definition) is 3. The summed E-state index contributed by atoms with van der Waals surface area (Å²) in [5.74, 6) is -0.142. The number of aryl methyl sites for hydroxylation is 1. The minimum absolute atomic E-state index is 0.0476. The molecule has 114 valence electrons. The quantitative estimate of drug-likeness (QED) is 0.934. The van der Waals surface area contributed by atoms with Crippen molar-refractivity contribution in [1.82, 2.24) is 9.78 Å². The Morgan fingerprint density at radius 3 is 2.38 bits per heavy atom. The number of benzene rings is 1. The van der Waals surface area contributed by atoms with Crippen LogP contribution in [0.4, 0.5) is 18.9 Å². The molecule has 0 aliphatic carbocycles. The Morgan fingerprint density at radius 1 is 1.24 bits per heavy atom. The fraction of sp³-hybridized carbons (Fsp3) is 0.357. The number of anilines is 1. The first kappa shape index (κ1) is 15.2. The molecule has 0 saturated carbocycles. The van der Waals surface area contributed by atoms with E-state index in [1.165, 1.54) is 22.9 Å². The van der Waals surface area contributed by atoms with Gasteiger partial charge in [0.2, 0.25) is 5.88 Å². The van der Waals surface area contributed by atoms with Crippen LogP contribution in [0.3, 0.4) is 0 Å². The number of hydrogen-bond donors (Lipinski definition) is 1. The van der Waals surface area contributed by atoms with Gasteiger partial charge in [0.1, 0.15) is 11.4 Å². The Bertz CT molecular complexity index is 647. The zero-order valence-electron chi connectivity index (χ0n) is 11.9. The normalized spacial score (nSPS) is 12.0. The van der Waals surface area contributed by atoms with Crippen LogP contribution < -0.4 is 10.5 Å². The van der Waals surface area contributed by atoms with Gasteiger partial charge < -0.3 is 10.5 Å². The molecule has 0 aliphatic heterocycles. The number of nitrogen functional groups attached to an aromatic ring is 1. The highest BCUT2D eigenvalue weighted by molar-refractivity contribution is 5.56. The molecule has 2 rings (SSSR count). The Hall–Kier alpha value is -2.18. The van der Waals surface area contributed by atoms with Gasteiger partial charge in [0.05, 0.1) is 11.3 Å². The second-order valence-electron chi connectivity index (χ2n) is 4.98. The van der Waals surface area contributed by atoms with Crippen molar-refractivity contribution in [3.8, 4) is 11.6 Å². The third-order valence-corrected chi connectivity index (χ3v) is 3.00. The lowest BCUT2D eigenvalue weighted by molar-refractivity contribution is -0.138. The molecule has 2 N–H and O–H groups in total. The van der Waals surface area contributed by atoms with Gasteiger partial charge in [0.15, 0.2) is 0 Å². The summed E-state index contributed by atoms with van der Waals surface area (Å²) in [6.45, 7) is 3.79. The monoisotopic (exact) mass is 299 g/mol. The number of aromatic nitrogens is 2. The lowest BCUT2D eigenvalue weighted by atomic mass is 10.1. The summed E-state index contributed by atoms with van der Waals surface area (Å²) in [6.07, 6.45) is -4.50. The molecule has 4 nitrogen and oxygen atoms in total. The highest BCUT2D eigenvalue weighted by Gasteiger charge is 2.34. The van der Waals surface area contributed by atoms with Crippen LogP contribution in [0.5, 0.6) is 11.6 Å². The molecule has 7 heteroatoms. The van der Waals surface area contributed by atoms with Crippen LogP contribution in [-0.4, -0.2) is 9.78 Å². The first-order valence-corrected chi connectivity index (χ1v) is 6.38. The van der Waals surface area contributed by atoms with Gasteiger partial charge in [0, 0.05) is 7.05 Å². The van der Waals surface area contributed by atoms with Crippen molar-refractivity contribution >= 4 is 5.69 Å². The van der Waals surface area contributed by atoms with Gasteiger partial charge in [-0.2, -0.15) is 18.3 Å². The molecule has 0 saturated heterocycles. The van der Waals surface area contributed by atoms with Gasteiger partial charge in [-0.3, -0.25) is 0 Å². The average molecular weight is 299 g/mol. The van der Waals surface area contributed by atoms with Crippen molar-refractivity contribution in [2.75, 3.05) is 5.73 Å². The number of alkyl halides is 3. The predicted octanol–water partition coefficient (Wildman–Crippen LogP) is 3.94. The molecule has 2 aromatic rings. The lowest BCUT2D eigenvalue weighted by Crippen LogP contribution is -2.08. The van der Waals surface area contributed by atoms with Gasteiger partial charge in [0.25, 0.3) is 0 Å². The topological polar surface area (TPSA) is 53.1 Å². The van der Waals surface area contributed by atoms with Crippen LogP contribution >= 0.6 is 0 Å². The molecular formula is C14H16F3N3O. The van der Waals surface area contributed by atoms with Crippen LogP contribution in [0, 0.1) is 0 Å². The van der Waals surface area contributed by atoms with Crippen molar-refractivity contribution < 1.29 is 17.9 Å². The van der Waals surface area contributed by atoms with Crippen molar-refractivity contribution in [3.63, 3.8) is 0 Å². The van der Waals surface area contributed by atoms with Crippen LogP contribution in [0.15, 0.2) is 24.3 Å². The fourth-order valence-corrected chi connectivity index (χ4v) is 1.99. The second kappa shape index (κ2) is 5.31. The second-order valence-corrected chi connectivity index (χ2v) is 4.98. The van der Waals surface area contributed by atoms with Gasteiger partial charge in [-0.25, -0.2) is 4.68 Å². The minimum atomic E-state index is -4.50. The summed E-state index contributed by atoms with van der Waals surface area (Å²) in [5, 5.41) is 4.18. The molecule has 1 aromatic carbocycles. The molecule has 0 amide bonds. The van der Waals surface area contributed by atoms with E-state index in [-0.39, 0.29) is 23.2 Å². The number of para-hydroxylation sites is 1. The Labute approximate surface area is 120 Å². The van der Waals surface area contributed by atoms with E-state index < -0.39 is 11.7 Å². The van der Waals surface area contributed by atoms with E-state index in [0.717, 1.165) is 6.07 Å².